The van der Waals surface area contributed by atoms with Crippen LogP contribution in [0.3, 0.4) is 0 Å². The van der Waals surface area contributed by atoms with Gasteiger partial charge in [-0.1, -0.05) is 66.2 Å². The van der Waals surface area contributed by atoms with Gasteiger partial charge in [0, 0.05) is 12.6 Å². The number of benzene rings is 2. The Morgan fingerprint density at radius 2 is 1.93 bits per heavy atom. The molecule has 0 spiro atoms. The van der Waals surface area contributed by atoms with E-state index in [2.05, 4.69) is 9.89 Å². The van der Waals surface area contributed by atoms with E-state index in [1.54, 1.807) is 6.07 Å². The van der Waals surface area contributed by atoms with Gasteiger partial charge in [-0.05, 0) is 62.2 Å². The maximum Gasteiger partial charge on any atom is 0.317 e. The van der Waals surface area contributed by atoms with Crippen molar-refractivity contribution in [2.75, 3.05) is 45.7 Å². The van der Waals surface area contributed by atoms with Gasteiger partial charge in [0.2, 0.25) is 0 Å². The number of rotatable bonds is 12. The van der Waals surface area contributed by atoms with Crippen LogP contribution in [0.25, 0.3) is 0 Å². The van der Waals surface area contributed by atoms with Crippen molar-refractivity contribution in [3.05, 3.63) is 74.8 Å². The molecule has 9 nitrogen and oxygen atoms in total. The van der Waals surface area contributed by atoms with E-state index in [-0.39, 0.29) is 23.9 Å². The van der Waals surface area contributed by atoms with Crippen molar-refractivity contribution in [2.24, 2.45) is 15.9 Å². The highest BCUT2D eigenvalue weighted by molar-refractivity contribution is 8.13. The van der Waals surface area contributed by atoms with Gasteiger partial charge in [-0.3, -0.25) is 19.9 Å². The molecule has 2 atom stereocenters. The molecule has 0 aliphatic carbocycles. The Morgan fingerprint density at radius 1 is 1.15 bits per heavy atom. The van der Waals surface area contributed by atoms with E-state index < -0.39 is 22.9 Å². The number of hydrogen-bond donors (Lipinski definition) is 0. The molecule has 1 fully saturated rings. The molecule has 2 heterocycles. The third kappa shape index (κ3) is 8.36. The predicted octanol–water partition coefficient (Wildman–Crippen LogP) is 5.76. The largest absolute Gasteiger partial charge is 0.465 e. The summed E-state index contributed by atoms with van der Waals surface area (Å²) in [6.07, 6.45) is 6.96. The number of thioether (sulfide) groups is 1. The molecule has 1 saturated heterocycles. The summed E-state index contributed by atoms with van der Waals surface area (Å²) in [6.45, 7) is 3.86. The number of aryl methyl sites for hydroxylation is 1. The topological polar surface area (TPSA) is 107 Å². The highest BCUT2D eigenvalue weighted by atomic mass is 35.5. The third-order valence-corrected chi connectivity index (χ3v) is 7.94. The van der Waals surface area contributed by atoms with E-state index in [9.17, 15) is 14.9 Å². The Hall–Kier alpha value is -2.79. The van der Waals surface area contributed by atoms with Crippen LogP contribution in [-0.2, 0) is 20.7 Å². The summed E-state index contributed by atoms with van der Waals surface area (Å²) in [7, 11) is 0. The minimum absolute atomic E-state index is 0.0219. The first-order valence-electron chi connectivity index (χ1n) is 13.6. The summed E-state index contributed by atoms with van der Waals surface area (Å²) in [5, 5.41) is 12.1. The maximum atomic E-state index is 13.6. The zero-order valence-electron chi connectivity index (χ0n) is 22.7. The number of hydrogen-bond acceptors (Lipinski definition) is 9. The zero-order chi connectivity index (χ0) is 28.3. The minimum atomic E-state index is -0.872. The summed E-state index contributed by atoms with van der Waals surface area (Å²) < 4.78 is 11.8. The van der Waals surface area contributed by atoms with Crippen molar-refractivity contribution in [3.63, 3.8) is 0 Å². The quantitative estimate of drug-likeness (QED) is 0.135. The number of halogens is 1. The standard InChI is InChI=1S/C29H35ClN4O5S/c1-40-29-31-24(20-38-18-16-33-14-6-3-7-15-33)26(28(35)39-17-8-11-21-9-4-2-5-10-21)27(32-29)22-12-13-23(30)25(19-22)34(36)37/h2,4-5,9-10,12-13,19,26-27H,3,6-8,11,14-18,20H2,1H3. The number of likely N-dealkylation sites (tertiary alicyclic amines) is 1. The number of piperidine rings is 1. The van der Waals surface area contributed by atoms with Crippen LogP contribution in [0.5, 0.6) is 0 Å². The van der Waals surface area contributed by atoms with E-state index in [4.69, 9.17) is 26.1 Å². The summed E-state index contributed by atoms with van der Waals surface area (Å²) in [4.78, 5) is 36.3. The molecule has 2 aliphatic heterocycles. The number of ether oxygens (including phenoxy) is 2. The first kappa shape index (κ1) is 30.2. The van der Waals surface area contributed by atoms with Gasteiger partial charge in [0.25, 0.3) is 5.69 Å². The van der Waals surface area contributed by atoms with Crippen molar-refractivity contribution < 1.29 is 19.2 Å². The summed E-state index contributed by atoms with van der Waals surface area (Å²) >= 11 is 7.42. The van der Waals surface area contributed by atoms with E-state index in [1.165, 1.54) is 48.7 Å². The zero-order valence-corrected chi connectivity index (χ0v) is 24.2. The van der Waals surface area contributed by atoms with Gasteiger partial charge >= 0.3 is 5.97 Å². The molecule has 0 radical (unpaired) electrons. The van der Waals surface area contributed by atoms with Crippen molar-refractivity contribution in [2.45, 2.75) is 38.1 Å². The molecule has 0 N–H and O–H groups in total. The number of carbonyl (C=O) groups excluding carboxylic acids is 1. The summed E-state index contributed by atoms with van der Waals surface area (Å²) in [5.74, 6) is -1.35. The van der Waals surface area contributed by atoms with Crippen LogP contribution in [-0.4, -0.2) is 72.4 Å². The minimum Gasteiger partial charge on any atom is -0.465 e. The maximum absolute atomic E-state index is 13.6. The van der Waals surface area contributed by atoms with Gasteiger partial charge in [0.05, 0.1) is 36.5 Å². The monoisotopic (exact) mass is 586 g/mol. The molecule has 214 valence electrons. The Balaban J connectivity index is 1.50. The average molecular weight is 587 g/mol. The van der Waals surface area contributed by atoms with Crippen LogP contribution in [0.2, 0.25) is 5.02 Å². The molecule has 0 amide bonds. The third-order valence-electron chi connectivity index (χ3n) is 7.06. The first-order chi connectivity index (χ1) is 19.5. The van der Waals surface area contributed by atoms with Crippen molar-refractivity contribution in [1.82, 2.24) is 4.90 Å². The lowest BCUT2D eigenvalue weighted by Crippen LogP contribution is -2.38. The van der Waals surface area contributed by atoms with Crippen LogP contribution < -0.4 is 0 Å². The fraction of sp³-hybridized carbons (Fsp3) is 0.483. The van der Waals surface area contributed by atoms with E-state index in [0.29, 0.717) is 29.5 Å². The van der Waals surface area contributed by atoms with Gasteiger partial charge in [0.1, 0.15) is 10.9 Å². The molecule has 2 aromatic carbocycles. The summed E-state index contributed by atoms with van der Waals surface area (Å²) in [5.41, 5.74) is 1.93. The normalized spacial score (nSPS) is 19.6. The van der Waals surface area contributed by atoms with E-state index in [1.807, 2.05) is 36.6 Å². The van der Waals surface area contributed by atoms with Crippen molar-refractivity contribution in [3.8, 4) is 0 Å². The number of amidine groups is 1. The number of esters is 1. The van der Waals surface area contributed by atoms with E-state index >= 15 is 0 Å². The van der Waals surface area contributed by atoms with Crippen LogP contribution in [0.4, 0.5) is 5.69 Å². The number of nitrogens with zero attached hydrogens (tertiary/aromatic N) is 4. The Labute approximate surface area is 244 Å². The van der Waals surface area contributed by atoms with Crippen LogP contribution in [0, 0.1) is 16.0 Å². The molecule has 0 aromatic heterocycles. The molecule has 2 aliphatic rings. The lowest BCUT2D eigenvalue weighted by molar-refractivity contribution is -0.384. The highest BCUT2D eigenvalue weighted by Gasteiger charge is 2.39. The Morgan fingerprint density at radius 3 is 2.65 bits per heavy atom. The first-order valence-corrected chi connectivity index (χ1v) is 15.2. The highest BCUT2D eigenvalue weighted by Crippen LogP contribution is 2.37. The van der Waals surface area contributed by atoms with Gasteiger partial charge in [-0.25, -0.2) is 4.99 Å². The van der Waals surface area contributed by atoms with Crippen molar-refractivity contribution in [1.29, 1.82) is 0 Å². The lowest BCUT2D eigenvalue weighted by Gasteiger charge is -2.29. The molecule has 4 rings (SSSR count). The van der Waals surface area contributed by atoms with Crippen molar-refractivity contribution >= 4 is 45.9 Å². The van der Waals surface area contributed by atoms with Gasteiger partial charge < -0.3 is 14.4 Å². The molecule has 0 saturated carbocycles. The average Bonchev–Trinajstić information content (AvgIpc) is 2.98. The fourth-order valence-corrected chi connectivity index (χ4v) is 5.55. The number of aliphatic imine (C=N–C) groups is 2. The molecule has 0 bridgehead atoms. The second-order valence-corrected chi connectivity index (χ2v) is 11.0. The van der Waals surface area contributed by atoms with Crippen LogP contribution in [0.15, 0.2) is 58.5 Å². The molecular formula is C29H35ClN4O5S. The molecule has 11 heteroatoms. The molecule has 2 aromatic rings. The van der Waals surface area contributed by atoms with Gasteiger partial charge in [-0.15, -0.1) is 0 Å². The Bertz CT molecular complexity index is 1220. The second-order valence-electron chi connectivity index (χ2n) is 9.82. The smallest absolute Gasteiger partial charge is 0.317 e. The SMILES string of the molecule is CSC1=NC(c2ccc(Cl)c([N+](=O)[O-])c2)C(C(=O)OCCCc2ccccc2)C(COCCN2CCCCC2)=N1. The van der Waals surface area contributed by atoms with Gasteiger partial charge in [-0.2, -0.15) is 0 Å². The molecular weight excluding hydrogens is 552 g/mol. The van der Waals surface area contributed by atoms with Crippen LogP contribution >= 0.6 is 23.4 Å². The molecule has 2 unspecified atom stereocenters. The fourth-order valence-electron chi connectivity index (χ4n) is 4.94. The van der Waals surface area contributed by atoms with E-state index in [0.717, 1.165) is 26.1 Å². The van der Waals surface area contributed by atoms with Crippen LogP contribution in [0.1, 0.15) is 42.9 Å². The van der Waals surface area contributed by atoms with Gasteiger partial charge in [0.15, 0.2) is 5.17 Å². The predicted molar refractivity (Wildman–Crippen MR) is 160 cm³/mol. The second kappa shape index (κ2) is 15.3. The Kier molecular flexibility index (Phi) is 11.5. The number of nitro benzene ring substituents is 1. The number of nitro groups is 1. The lowest BCUT2D eigenvalue weighted by atomic mass is 9.88. The number of carbonyl (C=O) groups is 1. The summed E-state index contributed by atoms with van der Waals surface area (Å²) in [6, 6.07) is 13.8. The molecule has 40 heavy (non-hydrogen) atoms.